The van der Waals surface area contributed by atoms with E-state index in [0.29, 0.717) is 43.8 Å². The van der Waals surface area contributed by atoms with Gasteiger partial charge in [-0.25, -0.2) is 15.0 Å². The average molecular weight is 358 g/mol. The molecule has 2 fully saturated rings. The van der Waals surface area contributed by atoms with Gasteiger partial charge in [0, 0.05) is 31.6 Å². The third kappa shape index (κ3) is 3.05. The number of likely N-dealkylation sites (tertiary alicyclic amines) is 1. The van der Waals surface area contributed by atoms with Gasteiger partial charge in [-0.15, -0.1) is 0 Å². The Morgan fingerprint density at radius 1 is 1.42 bits per heavy atom. The van der Waals surface area contributed by atoms with Gasteiger partial charge < -0.3 is 18.8 Å². The van der Waals surface area contributed by atoms with E-state index < -0.39 is 0 Å². The highest BCUT2D eigenvalue weighted by Gasteiger charge is 2.50. The first kappa shape index (κ1) is 17.0. The molecule has 0 spiro atoms. The van der Waals surface area contributed by atoms with Gasteiger partial charge in [0.05, 0.1) is 17.2 Å². The van der Waals surface area contributed by atoms with Gasteiger partial charge in [-0.3, -0.25) is 4.79 Å². The van der Waals surface area contributed by atoms with E-state index in [2.05, 4.69) is 15.0 Å². The zero-order valence-electron chi connectivity index (χ0n) is 15.0. The number of oxazole rings is 1. The fourth-order valence-electron chi connectivity index (χ4n) is 3.78. The molecule has 0 radical (unpaired) electrons. The summed E-state index contributed by atoms with van der Waals surface area (Å²) in [5.74, 6) is 0.178. The van der Waals surface area contributed by atoms with E-state index in [1.54, 1.807) is 13.1 Å². The number of hydrogen-bond acceptors (Lipinski definition) is 7. The summed E-state index contributed by atoms with van der Waals surface area (Å²) in [6.07, 6.45) is 4.68. The van der Waals surface area contributed by atoms with Crippen LogP contribution in [0.15, 0.2) is 23.1 Å². The van der Waals surface area contributed by atoms with Crippen LogP contribution in [0.1, 0.15) is 34.8 Å². The minimum atomic E-state index is -0.255. The fourth-order valence-corrected chi connectivity index (χ4v) is 3.78. The van der Waals surface area contributed by atoms with Crippen molar-refractivity contribution < 1.29 is 18.7 Å². The first-order chi connectivity index (χ1) is 12.6. The van der Waals surface area contributed by atoms with E-state index in [1.807, 2.05) is 17.9 Å². The lowest BCUT2D eigenvalue weighted by molar-refractivity contribution is -0.0346. The summed E-state index contributed by atoms with van der Waals surface area (Å²) in [6.45, 7) is 5.95. The molecular formula is C18H22N4O4. The summed E-state index contributed by atoms with van der Waals surface area (Å²) in [5, 5.41) is 0. The predicted molar refractivity (Wildman–Crippen MR) is 90.8 cm³/mol. The molecule has 1 amide bonds. The van der Waals surface area contributed by atoms with Crippen molar-refractivity contribution >= 4 is 5.91 Å². The summed E-state index contributed by atoms with van der Waals surface area (Å²) in [4.78, 5) is 27.1. The monoisotopic (exact) mass is 358 g/mol. The molecule has 8 nitrogen and oxygen atoms in total. The molecule has 8 heteroatoms. The van der Waals surface area contributed by atoms with E-state index in [-0.39, 0.29) is 17.4 Å². The van der Waals surface area contributed by atoms with Gasteiger partial charge in [-0.1, -0.05) is 0 Å². The smallest absolute Gasteiger partial charge is 0.316 e. The normalized spacial score (nSPS) is 25.2. The Morgan fingerprint density at radius 3 is 3.08 bits per heavy atom. The molecule has 2 aliphatic heterocycles. The Labute approximate surface area is 151 Å². The maximum atomic E-state index is 12.8. The second-order valence-electron chi connectivity index (χ2n) is 7.02. The lowest BCUT2D eigenvalue weighted by Gasteiger charge is -2.42. The predicted octanol–water partition coefficient (Wildman–Crippen LogP) is 1.78. The van der Waals surface area contributed by atoms with Crippen molar-refractivity contribution in [1.82, 2.24) is 19.9 Å². The van der Waals surface area contributed by atoms with Crippen molar-refractivity contribution in [2.24, 2.45) is 5.41 Å². The second kappa shape index (κ2) is 6.68. The van der Waals surface area contributed by atoms with Crippen molar-refractivity contribution in [2.45, 2.75) is 32.8 Å². The zero-order valence-corrected chi connectivity index (χ0v) is 15.0. The van der Waals surface area contributed by atoms with Crippen molar-refractivity contribution in [3.63, 3.8) is 0 Å². The number of aromatic nitrogens is 3. The van der Waals surface area contributed by atoms with Crippen LogP contribution in [0.4, 0.5) is 0 Å². The molecule has 138 valence electrons. The number of carbonyl (C=O) groups is 1. The number of aryl methyl sites for hydroxylation is 2. The molecule has 0 saturated carbocycles. The Bertz CT molecular complexity index is 808. The molecule has 2 atom stereocenters. The van der Waals surface area contributed by atoms with Crippen molar-refractivity contribution in [2.75, 3.05) is 26.3 Å². The van der Waals surface area contributed by atoms with Gasteiger partial charge in [-0.2, -0.15) is 0 Å². The molecular weight excluding hydrogens is 336 g/mol. The summed E-state index contributed by atoms with van der Waals surface area (Å²) < 4.78 is 17.1. The molecule has 4 heterocycles. The summed E-state index contributed by atoms with van der Waals surface area (Å²) >= 11 is 0. The number of rotatable bonds is 4. The number of ether oxygens (including phenoxy) is 2. The molecule has 0 unspecified atom stereocenters. The summed E-state index contributed by atoms with van der Waals surface area (Å²) in [7, 11) is 0. The van der Waals surface area contributed by atoms with Gasteiger partial charge in [0.1, 0.15) is 6.61 Å². The van der Waals surface area contributed by atoms with Gasteiger partial charge in [0.25, 0.3) is 5.91 Å². The van der Waals surface area contributed by atoms with E-state index in [4.69, 9.17) is 13.9 Å². The third-order valence-electron chi connectivity index (χ3n) is 5.26. The molecule has 2 aromatic heterocycles. The average Bonchev–Trinajstić information content (AvgIpc) is 3.25. The maximum absolute atomic E-state index is 12.8. The highest BCUT2D eigenvalue weighted by Crippen LogP contribution is 2.41. The standard InChI is InChI=1S/C18H22N4O4/c1-12-3-6-19-17(21-12)25-10-18-5-8-24-14(18)4-7-22(9-18)16(23)15-13(2)20-11-26-15/h3,6,11,14H,4-5,7-10H2,1-2H3/t14-,18+/m0/s1. The van der Waals surface area contributed by atoms with E-state index in [0.717, 1.165) is 18.5 Å². The number of piperidine rings is 1. The first-order valence-corrected chi connectivity index (χ1v) is 8.81. The number of carbonyl (C=O) groups excluding carboxylic acids is 1. The van der Waals surface area contributed by atoms with Crippen LogP contribution in [-0.4, -0.2) is 58.2 Å². The topological polar surface area (TPSA) is 90.6 Å². The molecule has 0 bridgehead atoms. The van der Waals surface area contributed by atoms with Crippen molar-refractivity contribution in [3.8, 4) is 6.01 Å². The minimum Gasteiger partial charge on any atom is -0.463 e. The number of amides is 1. The zero-order chi connectivity index (χ0) is 18.1. The van der Waals surface area contributed by atoms with Crippen LogP contribution in [0.25, 0.3) is 0 Å². The first-order valence-electron chi connectivity index (χ1n) is 8.81. The fraction of sp³-hybridized carbons (Fsp3) is 0.556. The molecule has 2 aromatic rings. The quantitative estimate of drug-likeness (QED) is 0.823. The molecule has 2 saturated heterocycles. The second-order valence-corrected chi connectivity index (χ2v) is 7.02. The molecule has 0 N–H and O–H groups in total. The van der Waals surface area contributed by atoms with E-state index in [1.165, 1.54) is 6.39 Å². The SMILES string of the molecule is Cc1ccnc(OC[C@]23CCO[C@H]2CCN(C(=O)c2ocnc2C)C3)n1. The lowest BCUT2D eigenvalue weighted by Crippen LogP contribution is -2.54. The third-order valence-corrected chi connectivity index (χ3v) is 5.26. The van der Waals surface area contributed by atoms with Crippen LogP contribution >= 0.6 is 0 Å². The Hall–Kier alpha value is -2.48. The lowest BCUT2D eigenvalue weighted by atomic mass is 9.77. The Balaban J connectivity index is 1.51. The maximum Gasteiger partial charge on any atom is 0.316 e. The molecule has 0 aromatic carbocycles. The van der Waals surface area contributed by atoms with Gasteiger partial charge in [-0.05, 0) is 32.8 Å². The van der Waals surface area contributed by atoms with E-state index >= 15 is 0 Å². The number of fused-ring (bicyclic) bond motifs is 1. The molecule has 2 aliphatic rings. The van der Waals surface area contributed by atoms with Crippen LogP contribution in [0.3, 0.4) is 0 Å². The van der Waals surface area contributed by atoms with Gasteiger partial charge in [0.15, 0.2) is 6.39 Å². The molecule has 4 rings (SSSR count). The van der Waals surface area contributed by atoms with Crippen LogP contribution in [-0.2, 0) is 4.74 Å². The summed E-state index contributed by atoms with van der Waals surface area (Å²) in [6, 6.07) is 2.19. The molecule has 26 heavy (non-hydrogen) atoms. The van der Waals surface area contributed by atoms with Crippen LogP contribution in [0, 0.1) is 19.3 Å². The van der Waals surface area contributed by atoms with Crippen LogP contribution in [0.5, 0.6) is 6.01 Å². The number of hydrogen-bond donors (Lipinski definition) is 0. The van der Waals surface area contributed by atoms with Gasteiger partial charge >= 0.3 is 6.01 Å². The van der Waals surface area contributed by atoms with E-state index in [9.17, 15) is 4.79 Å². The summed E-state index contributed by atoms with van der Waals surface area (Å²) in [5.41, 5.74) is 1.21. The van der Waals surface area contributed by atoms with Gasteiger partial charge in [0.2, 0.25) is 5.76 Å². The largest absolute Gasteiger partial charge is 0.463 e. The highest BCUT2D eigenvalue weighted by molar-refractivity contribution is 5.92. The van der Waals surface area contributed by atoms with Crippen molar-refractivity contribution in [1.29, 1.82) is 0 Å². The van der Waals surface area contributed by atoms with Crippen molar-refractivity contribution in [3.05, 3.63) is 35.8 Å². The Kier molecular flexibility index (Phi) is 4.36. The molecule has 0 aliphatic carbocycles. The number of nitrogens with zero attached hydrogens (tertiary/aromatic N) is 4. The van der Waals surface area contributed by atoms with Crippen LogP contribution < -0.4 is 4.74 Å². The highest BCUT2D eigenvalue weighted by atomic mass is 16.5. The Morgan fingerprint density at radius 2 is 2.31 bits per heavy atom. The van der Waals surface area contributed by atoms with Crippen LogP contribution in [0.2, 0.25) is 0 Å². The minimum absolute atomic E-state index is 0.0761.